The number of hydrogen-bond acceptors (Lipinski definition) is 4. The summed E-state index contributed by atoms with van der Waals surface area (Å²) < 4.78 is 5.09. The van der Waals surface area contributed by atoms with Crippen LogP contribution < -0.4 is 0 Å². The van der Waals surface area contributed by atoms with E-state index in [1.165, 1.54) is 6.39 Å². The molecule has 0 saturated carbocycles. The van der Waals surface area contributed by atoms with Gasteiger partial charge in [0.15, 0.2) is 6.39 Å². The van der Waals surface area contributed by atoms with Gasteiger partial charge in [0.05, 0.1) is 5.69 Å². The Hall–Kier alpha value is -1.36. The fraction of sp³-hybridized carbons (Fsp3) is 0.600. The fourth-order valence-corrected chi connectivity index (χ4v) is 1.66. The summed E-state index contributed by atoms with van der Waals surface area (Å²) in [7, 11) is 2.06. The smallest absolute Gasteiger partial charge is 0.291 e. The van der Waals surface area contributed by atoms with E-state index in [1.54, 1.807) is 6.92 Å². The number of rotatable bonds is 1. The Morgan fingerprint density at radius 3 is 2.60 bits per heavy atom. The highest BCUT2D eigenvalue weighted by molar-refractivity contribution is 5.92. The predicted molar refractivity (Wildman–Crippen MR) is 54.6 cm³/mol. The third kappa shape index (κ3) is 2.02. The van der Waals surface area contributed by atoms with Crippen molar-refractivity contribution in [1.29, 1.82) is 0 Å². The van der Waals surface area contributed by atoms with Gasteiger partial charge < -0.3 is 14.2 Å². The quantitative estimate of drug-likeness (QED) is 0.670. The highest BCUT2D eigenvalue weighted by Crippen LogP contribution is 2.10. The molecule has 0 spiro atoms. The average Bonchev–Trinajstić information content (AvgIpc) is 2.65. The van der Waals surface area contributed by atoms with Crippen molar-refractivity contribution < 1.29 is 9.21 Å². The van der Waals surface area contributed by atoms with Crippen molar-refractivity contribution in [3.05, 3.63) is 17.8 Å². The molecule has 1 aromatic rings. The minimum Gasteiger partial charge on any atom is -0.438 e. The van der Waals surface area contributed by atoms with Crippen molar-refractivity contribution >= 4 is 5.91 Å². The molecule has 1 fully saturated rings. The topological polar surface area (TPSA) is 49.6 Å². The van der Waals surface area contributed by atoms with Gasteiger partial charge in [0.1, 0.15) is 0 Å². The zero-order valence-electron chi connectivity index (χ0n) is 9.06. The van der Waals surface area contributed by atoms with E-state index < -0.39 is 0 Å². The van der Waals surface area contributed by atoms with Crippen LogP contribution in [0.4, 0.5) is 0 Å². The first-order chi connectivity index (χ1) is 7.18. The number of oxazole rings is 1. The average molecular weight is 209 g/mol. The van der Waals surface area contributed by atoms with Crippen LogP contribution >= 0.6 is 0 Å². The maximum absolute atomic E-state index is 12.0. The summed E-state index contributed by atoms with van der Waals surface area (Å²) in [5.74, 6) is 0.331. The summed E-state index contributed by atoms with van der Waals surface area (Å²) in [6.45, 7) is 5.13. The Kier molecular flexibility index (Phi) is 2.73. The molecular formula is C10H15N3O2. The number of hydrogen-bond donors (Lipinski definition) is 0. The molecule has 82 valence electrons. The molecule has 15 heavy (non-hydrogen) atoms. The van der Waals surface area contributed by atoms with Gasteiger partial charge in [-0.2, -0.15) is 0 Å². The first-order valence-electron chi connectivity index (χ1n) is 5.06. The van der Waals surface area contributed by atoms with Crippen LogP contribution in [-0.4, -0.2) is 53.9 Å². The van der Waals surface area contributed by atoms with Crippen LogP contribution in [-0.2, 0) is 0 Å². The van der Waals surface area contributed by atoms with Crippen molar-refractivity contribution in [2.24, 2.45) is 0 Å². The van der Waals surface area contributed by atoms with Gasteiger partial charge in [0, 0.05) is 26.2 Å². The molecule has 1 amide bonds. The van der Waals surface area contributed by atoms with Crippen LogP contribution in [0.5, 0.6) is 0 Å². The molecule has 0 unspecified atom stereocenters. The van der Waals surface area contributed by atoms with E-state index in [0.29, 0.717) is 11.5 Å². The van der Waals surface area contributed by atoms with Gasteiger partial charge in [-0.3, -0.25) is 4.79 Å². The Labute approximate surface area is 88.7 Å². The normalized spacial score (nSPS) is 18.1. The highest BCUT2D eigenvalue weighted by Gasteiger charge is 2.24. The van der Waals surface area contributed by atoms with Crippen LogP contribution in [0.15, 0.2) is 10.8 Å². The first-order valence-corrected chi connectivity index (χ1v) is 5.06. The van der Waals surface area contributed by atoms with E-state index in [1.807, 2.05) is 4.90 Å². The summed E-state index contributed by atoms with van der Waals surface area (Å²) in [6.07, 6.45) is 1.32. The number of piperazine rings is 1. The van der Waals surface area contributed by atoms with E-state index in [0.717, 1.165) is 26.2 Å². The van der Waals surface area contributed by atoms with Gasteiger partial charge in [-0.05, 0) is 14.0 Å². The zero-order valence-corrected chi connectivity index (χ0v) is 9.06. The van der Waals surface area contributed by atoms with Gasteiger partial charge in [0.25, 0.3) is 5.91 Å². The molecule has 1 aromatic heterocycles. The molecule has 0 aliphatic carbocycles. The number of likely N-dealkylation sites (N-methyl/N-ethyl adjacent to an activating group) is 1. The summed E-state index contributed by atoms with van der Waals surface area (Å²) >= 11 is 0. The van der Waals surface area contributed by atoms with Gasteiger partial charge in [-0.1, -0.05) is 0 Å². The molecule has 1 aliphatic heterocycles. The molecule has 0 aromatic carbocycles. The Bertz CT molecular complexity index is 353. The second-order valence-electron chi connectivity index (χ2n) is 3.86. The zero-order chi connectivity index (χ0) is 10.8. The van der Waals surface area contributed by atoms with Gasteiger partial charge in [-0.25, -0.2) is 4.98 Å². The number of amides is 1. The van der Waals surface area contributed by atoms with Gasteiger partial charge in [0.2, 0.25) is 5.76 Å². The van der Waals surface area contributed by atoms with E-state index in [2.05, 4.69) is 16.9 Å². The molecular weight excluding hydrogens is 194 g/mol. The van der Waals surface area contributed by atoms with E-state index in [4.69, 9.17) is 4.42 Å². The molecule has 1 aliphatic rings. The Morgan fingerprint density at radius 1 is 1.40 bits per heavy atom. The lowest BCUT2D eigenvalue weighted by Gasteiger charge is -2.31. The molecule has 5 heteroatoms. The molecule has 0 bridgehead atoms. The third-order valence-electron chi connectivity index (χ3n) is 2.73. The van der Waals surface area contributed by atoms with Crippen LogP contribution in [0.1, 0.15) is 16.2 Å². The summed E-state index contributed by atoms with van der Waals surface area (Å²) in [4.78, 5) is 19.9. The lowest BCUT2D eigenvalue weighted by Crippen LogP contribution is -2.47. The molecule has 2 heterocycles. The fourth-order valence-electron chi connectivity index (χ4n) is 1.66. The molecule has 1 saturated heterocycles. The summed E-state index contributed by atoms with van der Waals surface area (Å²) in [5.41, 5.74) is 0.666. The summed E-state index contributed by atoms with van der Waals surface area (Å²) in [6, 6.07) is 0. The largest absolute Gasteiger partial charge is 0.438 e. The summed E-state index contributed by atoms with van der Waals surface area (Å²) in [5, 5.41) is 0. The van der Waals surface area contributed by atoms with E-state index in [9.17, 15) is 4.79 Å². The monoisotopic (exact) mass is 209 g/mol. The first kappa shape index (κ1) is 10.2. The molecule has 5 nitrogen and oxygen atoms in total. The maximum atomic E-state index is 12.0. The molecule has 2 rings (SSSR count). The van der Waals surface area contributed by atoms with E-state index >= 15 is 0 Å². The Balaban J connectivity index is 2.06. The number of nitrogens with zero attached hydrogens (tertiary/aromatic N) is 3. The standard InChI is InChI=1S/C10H15N3O2/c1-8-9(15-7-11-8)10(14)13-5-3-12(2)4-6-13/h7H,3-6H2,1-2H3. The predicted octanol–water partition coefficient (Wildman–Crippen LogP) is 0.371. The number of carbonyl (C=O) groups is 1. The van der Waals surface area contributed by atoms with Crippen molar-refractivity contribution in [3.8, 4) is 0 Å². The van der Waals surface area contributed by atoms with Crippen LogP contribution in [0, 0.1) is 6.92 Å². The van der Waals surface area contributed by atoms with E-state index in [-0.39, 0.29) is 5.91 Å². The minimum absolute atomic E-state index is 0.0434. The third-order valence-corrected chi connectivity index (χ3v) is 2.73. The lowest BCUT2D eigenvalue weighted by molar-refractivity contribution is 0.0631. The SMILES string of the molecule is Cc1ncoc1C(=O)N1CCN(C)CC1. The lowest BCUT2D eigenvalue weighted by atomic mass is 10.2. The number of aryl methyl sites for hydroxylation is 1. The number of carbonyl (C=O) groups excluding carboxylic acids is 1. The van der Waals surface area contributed by atoms with Crippen molar-refractivity contribution in [3.63, 3.8) is 0 Å². The van der Waals surface area contributed by atoms with Gasteiger partial charge in [-0.15, -0.1) is 0 Å². The highest BCUT2D eigenvalue weighted by atomic mass is 16.3. The van der Waals surface area contributed by atoms with Crippen molar-refractivity contribution in [2.75, 3.05) is 33.2 Å². The second-order valence-corrected chi connectivity index (χ2v) is 3.86. The second kappa shape index (κ2) is 4.02. The Morgan fingerprint density at radius 2 is 2.07 bits per heavy atom. The van der Waals surface area contributed by atoms with Crippen molar-refractivity contribution in [1.82, 2.24) is 14.8 Å². The molecule has 0 N–H and O–H groups in total. The molecule has 0 radical (unpaired) electrons. The van der Waals surface area contributed by atoms with Crippen LogP contribution in [0.2, 0.25) is 0 Å². The van der Waals surface area contributed by atoms with Crippen molar-refractivity contribution in [2.45, 2.75) is 6.92 Å². The van der Waals surface area contributed by atoms with Crippen LogP contribution in [0.3, 0.4) is 0 Å². The van der Waals surface area contributed by atoms with Gasteiger partial charge >= 0.3 is 0 Å². The number of aromatic nitrogens is 1. The maximum Gasteiger partial charge on any atom is 0.291 e. The van der Waals surface area contributed by atoms with Crippen LogP contribution in [0.25, 0.3) is 0 Å². The minimum atomic E-state index is -0.0434. The molecule has 0 atom stereocenters.